The Labute approximate surface area is 150 Å². The Kier molecular flexibility index (Phi) is 4.69. The van der Waals surface area contributed by atoms with E-state index in [-0.39, 0.29) is 28.4 Å². The van der Waals surface area contributed by atoms with Crippen LogP contribution < -0.4 is 10.5 Å². The number of para-hydroxylation sites is 1. The predicted molar refractivity (Wildman–Crippen MR) is 94.8 cm³/mol. The highest BCUT2D eigenvalue weighted by atomic mass is 16.5. The van der Waals surface area contributed by atoms with Crippen LogP contribution >= 0.6 is 0 Å². The summed E-state index contributed by atoms with van der Waals surface area (Å²) < 4.78 is 10.2. The number of rotatable bonds is 4. The molecule has 0 amide bonds. The first-order valence-electron chi connectivity index (χ1n) is 7.97. The second-order valence-corrected chi connectivity index (χ2v) is 5.82. The van der Waals surface area contributed by atoms with Crippen LogP contribution in [-0.4, -0.2) is 30.7 Å². The monoisotopic (exact) mass is 351 g/mol. The molecular formula is C20H17NO5. The van der Waals surface area contributed by atoms with E-state index in [9.17, 15) is 14.4 Å². The van der Waals surface area contributed by atoms with Gasteiger partial charge in [0, 0.05) is 12.7 Å². The van der Waals surface area contributed by atoms with Crippen molar-refractivity contribution in [1.29, 1.82) is 0 Å². The van der Waals surface area contributed by atoms with Crippen molar-refractivity contribution in [3.8, 4) is 5.75 Å². The minimum absolute atomic E-state index is 0.00768. The smallest absolute Gasteiger partial charge is 0.349 e. The fourth-order valence-electron chi connectivity index (χ4n) is 2.65. The SMILES string of the molecule is COC(C)C(=O)c1ccc(/C(N)=C2/C(=O)Oc3ccccc3C2=O)cc1. The standard InChI is InChI=1S/C20H17NO5/c1-11(25-2)18(22)13-9-7-12(8-10-13)17(21)16-19(23)14-5-3-4-6-15(14)26-20(16)24/h3-11H,21H2,1-2H3/b17-16-. The molecule has 0 bridgehead atoms. The summed E-state index contributed by atoms with van der Waals surface area (Å²) in [6.45, 7) is 1.65. The Bertz CT molecular complexity index is 927. The van der Waals surface area contributed by atoms with Crippen LogP contribution in [0.1, 0.15) is 33.2 Å². The number of methoxy groups -OCH3 is 1. The Morgan fingerprint density at radius 3 is 2.31 bits per heavy atom. The highest BCUT2D eigenvalue weighted by Crippen LogP contribution is 2.30. The van der Waals surface area contributed by atoms with Gasteiger partial charge in [-0.25, -0.2) is 4.79 Å². The second kappa shape index (κ2) is 6.93. The van der Waals surface area contributed by atoms with Crippen LogP contribution in [0.5, 0.6) is 5.75 Å². The molecule has 1 heterocycles. The highest BCUT2D eigenvalue weighted by molar-refractivity contribution is 6.31. The normalized spacial score (nSPS) is 16.5. The van der Waals surface area contributed by atoms with E-state index < -0.39 is 17.9 Å². The maximum Gasteiger partial charge on any atom is 0.349 e. The van der Waals surface area contributed by atoms with Crippen molar-refractivity contribution in [2.45, 2.75) is 13.0 Å². The summed E-state index contributed by atoms with van der Waals surface area (Å²) in [6.07, 6.45) is -0.567. The first-order valence-corrected chi connectivity index (χ1v) is 7.97. The topological polar surface area (TPSA) is 95.7 Å². The number of fused-ring (bicyclic) bond motifs is 1. The number of ketones is 2. The molecule has 1 aliphatic rings. The zero-order chi connectivity index (χ0) is 18.8. The van der Waals surface area contributed by atoms with E-state index in [0.29, 0.717) is 11.1 Å². The number of benzene rings is 2. The first-order chi connectivity index (χ1) is 12.4. The lowest BCUT2D eigenvalue weighted by Crippen LogP contribution is -2.28. The van der Waals surface area contributed by atoms with Crippen molar-refractivity contribution >= 4 is 23.2 Å². The van der Waals surface area contributed by atoms with Crippen molar-refractivity contribution in [3.05, 3.63) is 70.8 Å². The molecule has 1 unspecified atom stereocenters. The molecule has 132 valence electrons. The van der Waals surface area contributed by atoms with E-state index in [1.807, 2.05) is 0 Å². The molecular weight excluding hydrogens is 334 g/mol. The van der Waals surface area contributed by atoms with Gasteiger partial charge in [0.1, 0.15) is 17.4 Å². The van der Waals surface area contributed by atoms with Gasteiger partial charge in [-0.15, -0.1) is 0 Å². The minimum Gasteiger partial charge on any atom is -0.422 e. The lowest BCUT2D eigenvalue weighted by Gasteiger charge is -2.18. The molecule has 0 saturated heterocycles. The lowest BCUT2D eigenvalue weighted by molar-refractivity contribution is -0.130. The molecule has 6 nitrogen and oxygen atoms in total. The highest BCUT2D eigenvalue weighted by Gasteiger charge is 2.33. The molecule has 2 N–H and O–H groups in total. The van der Waals surface area contributed by atoms with Gasteiger partial charge in [-0.05, 0) is 24.6 Å². The van der Waals surface area contributed by atoms with E-state index in [2.05, 4.69) is 0 Å². The predicted octanol–water partition coefficient (Wildman–Crippen LogP) is 2.38. The number of esters is 1. The zero-order valence-corrected chi connectivity index (χ0v) is 14.3. The van der Waals surface area contributed by atoms with Crippen LogP contribution in [0, 0.1) is 0 Å². The molecule has 1 aliphatic heterocycles. The molecule has 3 rings (SSSR count). The van der Waals surface area contributed by atoms with Crippen molar-refractivity contribution in [2.75, 3.05) is 7.11 Å². The number of carbonyl (C=O) groups is 3. The number of Topliss-reactive ketones (excluding diaryl/α,β-unsaturated/α-hetero) is 2. The van der Waals surface area contributed by atoms with Crippen molar-refractivity contribution in [1.82, 2.24) is 0 Å². The molecule has 0 aliphatic carbocycles. The van der Waals surface area contributed by atoms with Crippen LogP contribution in [0.4, 0.5) is 0 Å². The van der Waals surface area contributed by atoms with Gasteiger partial charge in [-0.2, -0.15) is 0 Å². The fraction of sp³-hybridized carbons (Fsp3) is 0.150. The molecule has 2 aromatic carbocycles. The quantitative estimate of drug-likeness (QED) is 0.299. The van der Waals surface area contributed by atoms with Crippen LogP contribution in [0.25, 0.3) is 5.70 Å². The van der Waals surface area contributed by atoms with E-state index >= 15 is 0 Å². The minimum atomic E-state index is -0.792. The van der Waals surface area contributed by atoms with Gasteiger partial charge in [-0.1, -0.05) is 36.4 Å². The van der Waals surface area contributed by atoms with Crippen LogP contribution in [-0.2, 0) is 9.53 Å². The van der Waals surface area contributed by atoms with Gasteiger partial charge in [0.2, 0.25) is 5.78 Å². The first kappa shape index (κ1) is 17.6. The number of nitrogens with two attached hydrogens (primary N) is 1. The molecule has 0 spiro atoms. The van der Waals surface area contributed by atoms with E-state index in [4.69, 9.17) is 15.2 Å². The molecule has 0 aromatic heterocycles. The molecule has 26 heavy (non-hydrogen) atoms. The molecule has 0 fully saturated rings. The third-order valence-corrected chi connectivity index (χ3v) is 4.24. The third kappa shape index (κ3) is 3.02. The summed E-state index contributed by atoms with van der Waals surface area (Å²) in [5.74, 6) is -1.23. The number of ether oxygens (including phenoxy) is 2. The zero-order valence-electron chi connectivity index (χ0n) is 14.3. The molecule has 1 atom stereocenters. The van der Waals surface area contributed by atoms with E-state index in [1.165, 1.54) is 7.11 Å². The van der Waals surface area contributed by atoms with E-state index in [1.54, 1.807) is 55.5 Å². The summed E-state index contributed by atoms with van der Waals surface area (Å²) in [5.41, 5.74) is 7.04. The summed E-state index contributed by atoms with van der Waals surface area (Å²) in [6, 6.07) is 12.8. The average molecular weight is 351 g/mol. The summed E-state index contributed by atoms with van der Waals surface area (Å²) in [4.78, 5) is 37.0. The maximum absolute atomic E-state index is 12.6. The van der Waals surface area contributed by atoms with Crippen LogP contribution in [0.15, 0.2) is 54.1 Å². The van der Waals surface area contributed by atoms with Crippen molar-refractivity contribution in [2.24, 2.45) is 5.73 Å². The lowest BCUT2D eigenvalue weighted by atomic mass is 9.95. The number of hydrogen-bond acceptors (Lipinski definition) is 6. The molecule has 2 aromatic rings. The maximum atomic E-state index is 12.6. The Hall–Kier alpha value is -3.25. The third-order valence-electron chi connectivity index (χ3n) is 4.24. The van der Waals surface area contributed by atoms with Gasteiger partial charge in [0.15, 0.2) is 5.78 Å². The summed E-state index contributed by atoms with van der Waals surface area (Å²) >= 11 is 0. The Morgan fingerprint density at radius 1 is 1.04 bits per heavy atom. The summed E-state index contributed by atoms with van der Waals surface area (Å²) in [5, 5.41) is 0. The van der Waals surface area contributed by atoms with Crippen molar-refractivity contribution < 1.29 is 23.9 Å². The van der Waals surface area contributed by atoms with Crippen LogP contribution in [0.2, 0.25) is 0 Å². The molecule has 6 heteroatoms. The number of carbonyl (C=O) groups excluding carboxylic acids is 3. The van der Waals surface area contributed by atoms with Crippen LogP contribution in [0.3, 0.4) is 0 Å². The fourth-order valence-corrected chi connectivity index (χ4v) is 2.65. The Balaban J connectivity index is 1.98. The van der Waals surface area contributed by atoms with Gasteiger partial charge in [-0.3, -0.25) is 9.59 Å². The second-order valence-electron chi connectivity index (χ2n) is 5.82. The summed E-state index contributed by atoms with van der Waals surface area (Å²) in [7, 11) is 1.46. The molecule has 0 radical (unpaired) electrons. The number of hydrogen-bond donors (Lipinski definition) is 1. The van der Waals surface area contributed by atoms with Gasteiger partial charge in [0.05, 0.1) is 11.3 Å². The largest absolute Gasteiger partial charge is 0.422 e. The Morgan fingerprint density at radius 2 is 1.65 bits per heavy atom. The molecule has 0 saturated carbocycles. The van der Waals surface area contributed by atoms with Gasteiger partial charge < -0.3 is 15.2 Å². The van der Waals surface area contributed by atoms with Gasteiger partial charge >= 0.3 is 5.97 Å². The van der Waals surface area contributed by atoms with E-state index in [0.717, 1.165) is 0 Å². The average Bonchev–Trinajstić information content (AvgIpc) is 2.66. The van der Waals surface area contributed by atoms with Gasteiger partial charge in [0.25, 0.3) is 0 Å². The van der Waals surface area contributed by atoms with Crippen molar-refractivity contribution in [3.63, 3.8) is 0 Å².